The van der Waals surface area contributed by atoms with Crippen molar-refractivity contribution in [1.82, 2.24) is 15.0 Å². The molecule has 14 heteroatoms. The number of nitrogens with zero attached hydrogens (tertiary/aromatic N) is 5. The molecule has 0 unspecified atom stereocenters. The largest absolute Gasteiger partial charge is 0.858 e. The molecule has 0 fully saturated rings. The zero-order valence-corrected chi connectivity index (χ0v) is 25.1. The minimum Gasteiger partial charge on any atom is -0.858 e. The number of ether oxygens (including phenoxy) is 3. The average molecular weight is 618 g/mol. The van der Waals surface area contributed by atoms with Gasteiger partial charge in [0.25, 0.3) is 0 Å². The molecule has 0 aliphatic carbocycles. The fourth-order valence-electron chi connectivity index (χ4n) is 4.08. The minimum atomic E-state index is -4.58. The van der Waals surface area contributed by atoms with Crippen LogP contribution < -0.4 is 30.0 Å². The van der Waals surface area contributed by atoms with Crippen molar-refractivity contribution < 1.29 is 37.0 Å². The summed E-state index contributed by atoms with van der Waals surface area (Å²) in [4.78, 5) is 16.5. The third kappa shape index (κ3) is 11.1. The van der Waals surface area contributed by atoms with Crippen LogP contribution in [0.2, 0.25) is 0 Å². The molecule has 0 radical (unpaired) electrons. The second-order valence-electron chi connectivity index (χ2n) is 11.3. The van der Waals surface area contributed by atoms with Gasteiger partial charge in [-0.2, -0.15) is 28.1 Å². The van der Waals surface area contributed by atoms with Gasteiger partial charge in [0.2, 0.25) is 11.9 Å². The number of fused-ring (bicyclic) bond motifs is 10. The van der Waals surface area contributed by atoms with Crippen molar-refractivity contribution >= 4 is 23.5 Å². The van der Waals surface area contributed by atoms with E-state index < -0.39 is 24.7 Å². The SMILES string of the molecule is C[N+](C)(C)CCN=C([O-])c1ccc2cc1OCCCCCCOc1ccc(cc1)CNc1nc(nc(OCC(F)(F)F)n1)N2. The molecule has 5 rings (SSSR count). The standard InChI is InChI=1S/C30H38F3N7O4/c1-40(2,3)15-14-34-26(41)24-13-10-22-18-25(24)43-17-7-5-4-6-16-42-23-11-8-21(9-12-23)19-35-27-37-28(36-22)39-29(38-27)44-20-30(31,32)33/h8-13,18H,4-7,14-17,19-20H2,1-3H3,(H2-,34,35,36,37,38,39,41). The van der Waals surface area contributed by atoms with E-state index in [1.165, 1.54) is 0 Å². The molecule has 44 heavy (non-hydrogen) atoms. The van der Waals surface area contributed by atoms with Crippen molar-refractivity contribution in [3.05, 3.63) is 53.6 Å². The first-order chi connectivity index (χ1) is 20.9. The maximum absolute atomic E-state index is 13.0. The van der Waals surface area contributed by atoms with Crippen LogP contribution in [-0.2, 0) is 6.54 Å². The summed E-state index contributed by atoms with van der Waals surface area (Å²) in [6.45, 7) is 0.714. The number of hydrogen-bond acceptors (Lipinski definition) is 10. The van der Waals surface area contributed by atoms with Gasteiger partial charge in [0.05, 0.1) is 47.4 Å². The lowest BCUT2D eigenvalue weighted by molar-refractivity contribution is -0.868. The number of quaternary nitrogens is 1. The lowest BCUT2D eigenvalue weighted by Gasteiger charge is -2.23. The number of anilines is 3. The number of hydrogen-bond donors (Lipinski definition) is 2. The van der Waals surface area contributed by atoms with Crippen LogP contribution in [0.3, 0.4) is 0 Å². The van der Waals surface area contributed by atoms with Crippen molar-refractivity contribution in [2.75, 3.05) is 64.7 Å². The Morgan fingerprint density at radius 2 is 1.66 bits per heavy atom. The maximum Gasteiger partial charge on any atom is 0.422 e. The molecule has 11 nitrogen and oxygen atoms in total. The van der Waals surface area contributed by atoms with Crippen LogP contribution in [-0.4, -0.2) is 85.6 Å². The molecular weight excluding hydrogens is 579 g/mol. The molecule has 3 aromatic rings. The lowest BCUT2D eigenvalue weighted by atomic mass is 10.1. The highest BCUT2D eigenvalue weighted by molar-refractivity contribution is 5.94. The Bertz CT molecular complexity index is 1400. The molecular formula is C30H38F3N7O4. The molecule has 238 valence electrons. The monoisotopic (exact) mass is 617 g/mol. The summed E-state index contributed by atoms with van der Waals surface area (Å²) in [5.41, 5.74) is 1.63. The highest BCUT2D eigenvalue weighted by Gasteiger charge is 2.29. The van der Waals surface area contributed by atoms with Crippen molar-refractivity contribution in [2.24, 2.45) is 4.99 Å². The number of aliphatic imine (C=N–C) groups is 1. The predicted octanol–water partition coefficient (Wildman–Crippen LogP) is 4.31. The van der Waals surface area contributed by atoms with Crippen molar-refractivity contribution in [2.45, 2.75) is 38.4 Å². The molecule has 1 aromatic heterocycles. The summed E-state index contributed by atoms with van der Waals surface area (Å²) in [5.74, 6) is 0.604. The second kappa shape index (κ2) is 14.9. The Morgan fingerprint density at radius 3 is 2.36 bits per heavy atom. The van der Waals surface area contributed by atoms with Crippen LogP contribution in [0.4, 0.5) is 30.8 Å². The van der Waals surface area contributed by atoms with Gasteiger partial charge in [0.1, 0.15) is 11.5 Å². The quantitative estimate of drug-likeness (QED) is 0.236. The molecule has 0 amide bonds. The van der Waals surface area contributed by atoms with E-state index in [0.717, 1.165) is 37.0 Å². The zero-order valence-electron chi connectivity index (χ0n) is 25.1. The van der Waals surface area contributed by atoms with Gasteiger partial charge in [-0.3, -0.25) is 4.99 Å². The summed E-state index contributed by atoms with van der Waals surface area (Å²) in [6.07, 6.45) is -1.06. The fraction of sp³-hybridized carbons (Fsp3) is 0.467. The Morgan fingerprint density at radius 1 is 0.955 bits per heavy atom. The van der Waals surface area contributed by atoms with Gasteiger partial charge in [0, 0.05) is 23.9 Å². The Labute approximate surface area is 254 Å². The normalized spacial score (nSPS) is 15.2. The van der Waals surface area contributed by atoms with E-state index in [9.17, 15) is 18.3 Å². The van der Waals surface area contributed by atoms with E-state index in [2.05, 4.69) is 30.6 Å². The van der Waals surface area contributed by atoms with E-state index in [1.807, 2.05) is 45.4 Å². The maximum atomic E-state index is 13.0. The molecule has 2 N–H and O–H groups in total. The van der Waals surface area contributed by atoms with E-state index in [-0.39, 0.29) is 18.4 Å². The fourth-order valence-corrected chi connectivity index (χ4v) is 4.08. The topological polar surface area (TPSA) is 126 Å². The van der Waals surface area contributed by atoms with Crippen LogP contribution in [0, 0.1) is 0 Å². The summed E-state index contributed by atoms with van der Waals surface area (Å²) in [6, 6.07) is 11.8. The minimum absolute atomic E-state index is 0.00483. The number of likely N-dealkylation sites (N-methyl/N-ethyl adjacent to an activating group) is 1. The van der Waals surface area contributed by atoms with E-state index >= 15 is 0 Å². The van der Waals surface area contributed by atoms with Crippen LogP contribution >= 0.6 is 0 Å². The number of alkyl halides is 3. The van der Waals surface area contributed by atoms with Crippen LogP contribution in [0.5, 0.6) is 17.5 Å². The molecule has 2 aliphatic rings. The molecule has 0 atom stereocenters. The molecule has 2 aliphatic heterocycles. The van der Waals surface area contributed by atoms with Crippen molar-refractivity contribution in [1.29, 1.82) is 0 Å². The first-order valence-corrected chi connectivity index (χ1v) is 14.4. The number of nitrogens with one attached hydrogen (secondary N) is 2. The third-order valence-corrected chi connectivity index (χ3v) is 6.41. The van der Waals surface area contributed by atoms with Crippen molar-refractivity contribution in [3.8, 4) is 17.5 Å². The smallest absolute Gasteiger partial charge is 0.422 e. The summed E-state index contributed by atoms with van der Waals surface area (Å²) >= 11 is 0. The van der Waals surface area contributed by atoms with Gasteiger partial charge in [-0.1, -0.05) is 12.1 Å². The van der Waals surface area contributed by atoms with Gasteiger partial charge in [0.15, 0.2) is 6.61 Å². The molecule has 6 bridgehead atoms. The molecule has 2 aromatic carbocycles. The van der Waals surface area contributed by atoms with Gasteiger partial charge in [-0.15, -0.1) is 0 Å². The Kier molecular flexibility index (Phi) is 11.0. The number of rotatable bonds is 6. The van der Waals surface area contributed by atoms with Gasteiger partial charge < -0.3 is 34.4 Å². The Balaban J connectivity index is 1.63. The van der Waals surface area contributed by atoms with E-state index in [0.29, 0.717) is 47.8 Å². The summed E-state index contributed by atoms with van der Waals surface area (Å²) in [7, 11) is 6.06. The molecule has 3 heterocycles. The summed E-state index contributed by atoms with van der Waals surface area (Å²) in [5, 5.41) is 19.0. The first-order valence-electron chi connectivity index (χ1n) is 14.4. The molecule has 0 saturated heterocycles. The molecule has 0 saturated carbocycles. The van der Waals surface area contributed by atoms with Gasteiger partial charge in [-0.25, -0.2) is 0 Å². The molecule has 0 spiro atoms. The van der Waals surface area contributed by atoms with E-state index in [4.69, 9.17) is 14.2 Å². The van der Waals surface area contributed by atoms with Gasteiger partial charge >= 0.3 is 12.2 Å². The van der Waals surface area contributed by atoms with E-state index in [1.54, 1.807) is 18.2 Å². The highest BCUT2D eigenvalue weighted by atomic mass is 19.4. The van der Waals surface area contributed by atoms with Crippen LogP contribution in [0.1, 0.15) is 36.8 Å². The number of benzene rings is 2. The lowest BCUT2D eigenvalue weighted by Crippen LogP contribution is -2.37. The number of halogens is 3. The van der Waals surface area contributed by atoms with Gasteiger partial charge in [-0.05, 0) is 61.4 Å². The Hall–Kier alpha value is -4.33. The summed E-state index contributed by atoms with van der Waals surface area (Å²) < 4.78 is 56.0. The number of aromatic nitrogens is 3. The average Bonchev–Trinajstić information content (AvgIpc) is 2.95. The predicted molar refractivity (Wildman–Crippen MR) is 159 cm³/mol. The van der Waals surface area contributed by atoms with Crippen molar-refractivity contribution in [3.63, 3.8) is 0 Å². The first kappa shape index (κ1) is 32.6. The highest BCUT2D eigenvalue weighted by Crippen LogP contribution is 2.27. The van der Waals surface area contributed by atoms with Crippen LogP contribution in [0.15, 0.2) is 47.5 Å². The third-order valence-electron chi connectivity index (χ3n) is 6.41. The second-order valence-corrected chi connectivity index (χ2v) is 11.3. The van der Waals surface area contributed by atoms with Crippen LogP contribution in [0.25, 0.3) is 0 Å². The zero-order chi connectivity index (χ0) is 31.6.